The number of aryl methyl sites for hydroxylation is 2. The average Bonchev–Trinajstić information content (AvgIpc) is 3.26. The molecule has 0 atom stereocenters. The summed E-state index contributed by atoms with van der Waals surface area (Å²) in [6.45, 7) is 0.267. The van der Waals surface area contributed by atoms with Crippen molar-refractivity contribution >= 4 is 33.6 Å². The highest BCUT2D eigenvalue weighted by Gasteiger charge is 2.31. The molecular formula is C22H19N7O3. The third kappa shape index (κ3) is 2.77. The Bertz CT molecular complexity index is 1580. The van der Waals surface area contributed by atoms with Crippen LogP contribution in [0.15, 0.2) is 59.4 Å². The molecule has 3 heterocycles. The number of benzene rings is 2. The summed E-state index contributed by atoms with van der Waals surface area (Å²) in [7, 11) is 3.20. The number of imidazole rings is 1. The van der Waals surface area contributed by atoms with Gasteiger partial charge in [0.15, 0.2) is 0 Å². The molecule has 10 nitrogen and oxygen atoms in total. The van der Waals surface area contributed by atoms with Crippen molar-refractivity contribution in [2.75, 3.05) is 5.73 Å². The topological polar surface area (TPSA) is 127 Å². The lowest BCUT2D eigenvalue weighted by Gasteiger charge is -2.08. The summed E-state index contributed by atoms with van der Waals surface area (Å²) in [5.41, 5.74) is 9.01. The Hall–Kier alpha value is -4.47. The molecule has 0 saturated heterocycles. The number of nitrogen functional groups attached to an aromatic ring is 1. The second kappa shape index (κ2) is 7.05. The van der Waals surface area contributed by atoms with E-state index in [0.717, 1.165) is 15.8 Å². The van der Waals surface area contributed by atoms with Crippen molar-refractivity contribution < 1.29 is 4.92 Å². The minimum atomic E-state index is -0.597. The number of rotatable bonds is 4. The predicted molar refractivity (Wildman–Crippen MR) is 121 cm³/mol. The first-order valence-electron chi connectivity index (χ1n) is 9.87. The lowest BCUT2D eigenvalue weighted by molar-refractivity contribution is -0.388. The molecule has 0 spiro atoms. The first kappa shape index (κ1) is 19.5. The number of para-hydroxylation sites is 2. The fourth-order valence-electron chi connectivity index (χ4n) is 4.12. The van der Waals surface area contributed by atoms with Gasteiger partial charge < -0.3 is 25.0 Å². The fraction of sp³-hybridized carbons (Fsp3) is 0.136. The van der Waals surface area contributed by atoms with Gasteiger partial charge in [-0.2, -0.15) is 0 Å². The van der Waals surface area contributed by atoms with Crippen molar-refractivity contribution in [2.24, 2.45) is 14.1 Å². The Morgan fingerprint density at radius 3 is 2.44 bits per heavy atom. The van der Waals surface area contributed by atoms with Gasteiger partial charge in [0, 0.05) is 13.6 Å². The molecular weight excluding hydrogens is 410 g/mol. The SMILES string of the molecule is Cn1nc([N+](=O)[O-])c2c(-c3nc4ccccc4n3C)c(N)n(Cc3ccccc3)c2c1=O. The van der Waals surface area contributed by atoms with Crippen molar-refractivity contribution in [2.45, 2.75) is 6.54 Å². The van der Waals surface area contributed by atoms with Gasteiger partial charge in [0.25, 0.3) is 0 Å². The maximum Gasteiger partial charge on any atom is 0.398 e. The molecule has 0 aliphatic rings. The number of nitro groups is 1. The molecule has 0 aliphatic carbocycles. The molecule has 0 saturated carbocycles. The van der Waals surface area contributed by atoms with Crippen LogP contribution in [0.4, 0.5) is 11.6 Å². The Balaban J connectivity index is 1.93. The van der Waals surface area contributed by atoms with Crippen LogP contribution in [0.3, 0.4) is 0 Å². The number of hydrogen-bond acceptors (Lipinski definition) is 6. The summed E-state index contributed by atoms with van der Waals surface area (Å²) in [5, 5.41) is 16.0. The van der Waals surface area contributed by atoms with Gasteiger partial charge in [0.1, 0.15) is 22.5 Å². The molecule has 2 aromatic carbocycles. The molecule has 10 heteroatoms. The van der Waals surface area contributed by atoms with Crippen molar-refractivity contribution in [3.05, 3.63) is 80.6 Å². The molecule has 0 bridgehead atoms. The Morgan fingerprint density at radius 1 is 1.06 bits per heavy atom. The summed E-state index contributed by atoms with van der Waals surface area (Å²) >= 11 is 0. The summed E-state index contributed by atoms with van der Waals surface area (Å²) in [4.78, 5) is 29.2. The zero-order chi connectivity index (χ0) is 22.6. The van der Waals surface area contributed by atoms with Gasteiger partial charge in [0.05, 0.1) is 28.7 Å². The van der Waals surface area contributed by atoms with Gasteiger partial charge in [-0.25, -0.2) is 4.98 Å². The highest BCUT2D eigenvalue weighted by Crippen LogP contribution is 2.40. The number of fused-ring (bicyclic) bond motifs is 2. The van der Waals surface area contributed by atoms with Crippen LogP contribution in [-0.2, 0) is 20.6 Å². The Labute approximate surface area is 181 Å². The molecule has 0 fully saturated rings. The number of aromatic nitrogens is 5. The van der Waals surface area contributed by atoms with Crippen molar-refractivity contribution in [3.63, 3.8) is 0 Å². The second-order valence-electron chi connectivity index (χ2n) is 7.55. The van der Waals surface area contributed by atoms with Gasteiger partial charge >= 0.3 is 11.4 Å². The van der Waals surface area contributed by atoms with E-state index in [0.29, 0.717) is 16.9 Å². The molecule has 160 valence electrons. The summed E-state index contributed by atoms with van der Waals surface area (Å²) in [6.07, 6.45) is 0. The van der Waals surface area contributed by atoms with Crippen molar-refractivity contribution in [1.82, 2.24) is 23.9 Å². The zero-order valence-corrected chi connectivity index (χ0v) is 17.4. The fourth-order valence-corrected chi connectivity index (χ4v) is 4.12. The van der Waals surface area contributed by atoms with Crippen LogP contribution in [0, 0.1) is 10.1 Å². The van der Waals surface area contributed by atoms with E-state index in [1.54, 1.807) is 4.57 Å². The third-order valence-corrected chi connectivity index (χ3v) is 5.64. The van der Waals surface area contributed by atoms with Gasteiger partial charge in [0.2, 0.25) is 0 Å². The minimum Gasteiger partial charge on any atom is -0.384 e. The standard InChI is InChI=1S/C22H19N7O3/c1-26-15-11-7-6-10-14(15)24-20(26)17-16-18(22(30)27(2)25-21(16)29(31)32)28(19(17)23)12-13-8-4-3-5-9-13/h3-11H,12,23H2,1-2H3. The van der Waals surface area contributed by atoms with Crippen LogP contribution in [0.1, 0.15) is 5.56 Å². The average molecular weight is 429 g/mol. The van der Waals surface area contributed by atoms with E-state index in [1.165, 1.54) is 7.05 Å². The maximum absolute atomic E-state index is 13.1. The molecule has 2 N–H and O–H groups in total. The molecule has 0 unspecified atom stereocenters. The van der Waals surface area contributed by atoms with Crippen molar-refractivity contribution in [3.8, 4) is 11.4 Å². The molecule has 32 heavy (non-hydrogen) atoms. The first-order valence-corrected chi connectivity index (χ1v) is 9.87. The lowest BCUT2D eigenvalue weighted by Crippen LogP contribution is -2.23. The van der Waals surface area contributed by atoms with Crippen LogP contribution in [0.5, 0.6) is 0 Å². The minimum absolute atomic E-state index is 0.0879. The van der Waals surface area contributed by atoms with Gasteiger partial charge in [-0.3, -0.25) is 4.79 Å². The van der Waals surface area contributed by atoms with E-state index in [-0.39, 0.29) is 23.3 Å². The summed E-state index contributed by atoms with van der Waals surface area (Å²) < 4.78 is 4.39. The monoisotopic (exact) mass is 429 g/mol. The normalized spacial score (nSPS) is 11.4. The van der Waals surface area contributed by atoms with Gasteiger partial charge in [-0.15, -0.1) is 4.68 Å². The molecule has 5 rings (SSSR count). The summed E-state index contributed by atoms with van der Waals surface area (Å²) in [5.74, 6) is 0.205. The van der Waals surface area contributed by atoms with Gasteiger partial charge in [-0.05, 0) is 22.6 Å². The van der Waals surface area contributed by atoms with Crippen molar-refractivity contribution in [1.29, 1.82) is 0 Å². The van der Waals surface area contributed by atoms with Crippen LogP contribution >= 0.6 is 0 Å². The van der Waals surface area contributed by atoms with Crippen LogP contribution in [0.2, 0.25) is 0 Å². The number of hydrogen-bond donors (Lipinski definition) is 1. The number of nitrogens with two attached hydrogens (primary N) is 1. The lowest BCUT2D eigenvalue weighted by atomic mass is 10.2. The van der Waals surface area contributed by atoms with Crippen LogP contribution in [0.25, 0.3) is 33.3 Å². The quantitative estimate of drug-likeness (QED) is 0.346. The van der Waals surface area contributed by atoms with E-state index < -0.39 is 16.3 Å². The number of nitrogens with zero attached hydrogens (tertiary/aromatic N) is 6. The summed E-state index contributed by atoms with van der Waals surface area (Å²) in [6, 6.07) is 17.0. The van der Waals surface area contributed by atoms with Gasteiger partial charge in [-0.1, -0.05) is 42.5 Å². The van der Waals surface area contributed by atoms with Crippen LogP contribution in [-0.4, -0.2) is 28.8 Å². The Kier molecular flexibility index (Phi) is 4.29. The predicted octanol–water partition coefficient (Wildman–Crippen LogP) is 2.83. The highest BCUT2D eigenvalue weighted by molar-refractivity contribution is 6.06. The second-order valence-corrected chi connectivity index (χ2v) is 7.55. The van der Waals surface area contributed by atoms with E-state index in [1.807, 2.05) is 66.2 Å². The molecule has 0 amide bonds. The molecule has 3 aromatic heterocycles. The molecule has 0 aliphatic heterocycles. The van der Waals surface area contributed by atoms with E-state index in [2.05, 4.69) is 10.1 Å². The van der Waals surface area contributed by atoms with E-state index >= 15 is 0 Å². The number of anilines is 1. The van der Waals surface area contributed by atoms with Crippen LogP contribution < -0.4 is 11.3 Å². The molecule has 0 radical (unpaired) electrons. The zero-order valence-electron chi connectivity index (χ0n) is 17.4. The first-order chi connectivity index (χ1) is 15.4. The van der Waals surface area contributed by atoms with E-state index in [9.17, 15) is 14.9 Å². The smallest absolute Gasteiger partial charge is 0.384 e. The maximum atomic E-state index is 13.1. The highest BCUT2D eigenvalue weighted by atomic mass is 16.6. The third-order valence-electron chi connectivity index (χ3n) is 5.64. The molecule has 5 aromatic rings. The largest absolute Gasteiger partial charge is 0.398 e. The Morgan fingerprint density at radius 2 is 1.75 bits per heavy atom. The van der Waals surface area contributed by atoms with E-state index in [4.69, 9.17) is 5.73 Å².